The average Bonchev–Trinajstić information content (AvgIpc) is 2.58. The number of nitrogens with zero attached hydrogens (tertiary/aromatic N) is 1. The fourth-order valence-electron chi connectivity index (χ4n) is 3.01. The van der Waals surface area contributed by atoms with Crippen molar-refractivity contribution in [1.82, 2.24) is 10.2 Å². The number of hydrogen-bond acceptors (Lipinski definition) is 3. The molecule has 4 nitrogen and oxygen atoms in total. The van der Waals surface area contributed by atoms with E-state index in [-0.39, 0.29) is 12.5 Å². The summed E-state index contributed by atoms with van der Waals surface area (Å²) in [7, 11) is 0. The van der Waals surface area contributed by atoms with Gasteiger partial charge in [0.2, 0.25) is 5.91 Å². The minimum absolute atomic E-state index is 0.0368. The Morgan fingerprint density at radius 1 is 1.27 bits per heavy atom. The zero-order chi connectivity index (χ0) is 15.8. The number of carbonyl (C=O) groups excluding carboxylic acids is 1. The Labute approximate surface area is 133 Å². The monoisotopic (exact) mass is 304 g/mol. The van der Waals surface area contributed by atoms with Gasteiger partial charge in [0.05, 0.1) is 6.61 Å². The second kappa shape index (κ2) is 8.91. The van der Waals surface area contributed by atoms with Crippen molar-refractivity contribution < 1.29 is 9.90 Å². The lowest BCUT2D eigenvalue weighted by Crippen LogP contribution is -2.38. The second-order valence-electron chi connectivity index (χ2n) is 6.24. The van der Waals surface area contributed by atoms with Crippen LogP contribution in [0.15, 0.2) is 24.3 Å². The van der Waals surface area contributed by atoms with Crippen LogP contribution in [0.25, 0.3) is 0 Å². The molecule has 4 heteroatoms. The van der Waals surface area contributed by atoms with E-state index >= 15 is 0 Å². The summed E-state index contributed by atoms with van der Waals surface area (Å²) >= 11 is 0. The molecule has 1 aromatic carbocycles. The summed E-state index contributed by atoms with van der Waals surface area (Å²) in [5, 5.41) is 12.1. The molecule has 0 spiro atoms. The molecule has 0 saturated carbocycles. The number of aliphatic hydroxyl groups excluding tert-OH is 1. The van der Waals surface area contributed by atoms with Gasteiger partial charge in [0.15, 0.2) is 0 Å². The summed E-state index contributed by atoms with van der Waals surface area (Å²) < 4.78 is 0. The molecule has 2 rings (SSSR count). The first-order valence-electron chi connectivity index (χ1n) is 8.38. The number of amides is 1. The standard InChI is InChI=1S/C18H28N2O2/c1-15(20-10-3-2-4-11-20)8-9-18(22)19-13-16-6-5-7-17(12-16)14-21/h5-7,12,15,21H,2-4,8-11,13-14H2,1H3,(H,19,22). The third-order valence-corrected chi connectivity index (χ3v) is 4.47. The van der Waals surface area contributed by atoms with E-state index in [1.54, 1.807) is 0 Å². The topological polar surface area (TPSA) is 52.6 Å². The van der Waals surface area contributed by atoms with Crippen LogP contribution < -0.4 is 5.32 Å². The van der Waals surface area contributed by atoms with Crippen molar-refractivity contribution in [2.45, 2.75) is 58.2 Å². The summed E-state index contributed by atoms with van der Waals surface area (Å²) in [5.41, 5.74) is 1.91. The minimum atomic E-state index is 0.0368. The Hall–Kier alpha value is -1.39. The molecule has 122 valence electrons. The largest absolute Gasteiger partial charge is 0.392 e. The summed E-state index contributed by atoms with van der Waals surface area (Å²) in [6, 6.07) is 8.17. The fraction of sp³-hybridized carbons (Fsp3) is 0.611. The van der Waals surface area contributed by atoms with Crippen LogP contribution in [0.3, 0.4) is 0 Å². The third-order valence-electron chi connectivity index (χ3n) is 4.47. The number of nitrogens with one attached hydrogen (secondary N) is 1. The maximum atomic E-state index is 12.0. The second-order valence-corrected chi connectivity index (χ2v) is 6.24. The van der Waals surface area contributed by atoms with Gasteiger partial charge < -0.3 is 15.3 Å². The van der Waals surface area contributed by atoms with Crippen molar-refractivity contribution >= 4 is 5.91 Å². The van der Waals surface area contributed by atoms with Crippen LogP contribution in [0.5, 0.6) is 0 Å². The van der Waals surface area contributed by atoms with Gasteiger partial charge in [-0.15, -0.1) is 0 Å². The first kappa shape index (κ1) is 17.0. The first-order chi connectivity index (χ1) is 10.7. The number of benzene rings is 1. The van der Waals surface area contributed by atoms with Crippen LogP contribution >= 0.6 is 0 Å². The van der Waals surface area contributed by atoms with Gasteiger partial charge in [0.25, 0.3) is 0 Å². The highest BCUT2D eigenvalue weighted by molar-refractivity contribution is 5.75. The van der Waals surface area contributed by atoms with E-state index in [0.717, 1.165) is 17.5 Å². The fourth-order valence-corrected chi connectivity index (χ4v) is 3.01. The van der Waals surface area contributed by atoms with Crippen LogP contribution in [0.4, 0.5) is 0 Å². The van der Waals surface area contributed by atoms with Gasteiger partial charge in [-0.3, -0.25) is 4.79 Å². The summed E-state index contributed by atoms with van der Waals surface area (Å²) in [4.78, 5) is 14.5. The maximum absolute atomic E-state index is 12.0. The minimum Gasteiger partial charge on any atom is -0.392 e. The SMILES string of the molecule is CC(CCC(=O)NCc1cccc(CO)c1)N1CCCCC1. The van der Waals surface area contributed by atoms with Crippen LogP contribution in [0.2, 0.25) is 0 Å². The zero-order valence-electron chi connectivity index (χ0n) is 13.6. The number of rotatable bonds is 7. The first-order valence-corrected chi connectivity index (χ1v) is 8.38. The summed E-state index contributed by atoms with van der Waals surface area (Å²) in [5.74, 6) is 0.110. The molecule has 1 unspecified atom stereocenters. The lowest BCUT2D eigenvalue weighted by Gasteiger charge is -2.32. The van der Waals surface area contributed by atoms with Crippen molar-refractivity contribution in [1.29, 1.82) is 0 Å². The Bertz CT molecular complexity index is 470. The van der Waals surface area contributed by atoms with Crippen molar-refractivity contribution in [3.8, 4) is 0 Å². The molecule has 2 N–H and O–H groups in total. The molecular formula is C18H28N2O2. The molecule has 1 saturated heterocycles. The predicted molar refractivity (Wildman–Crippen MR) is 88.3 cm³/mol. The normalized spacial score (nSPS) is 17.2. The van der Waals surface area contributed by atoms with E-state index in [4.69, 9.17) is 5.11 Å². The van der Waals surface area contributed by atoms with Gasteiger partial charge in [-0.2, -0.15) is 0 Å². The average molecular weight is 304 g/mol. The van der Waals surface area contributed by atoms with E-state index in [1.807, 2.05) is 24.3 Å². The zero-order valence-corrected chi connectivity index (χ0v) is 13.6. The van der Waals surface area contributed by atoms with Gasteiger partial charge in [-0.25, -0.2) is 0 Å². The highest BCUT2D eigenvalue weighted by atomic mass is 16.3. The molecule has 0 aliphatic carbocycles. The molecule has 1 heterocycles. The van der Waals surface area contributed by atoms with Crippen LogP contribution in [0.1, 0.15) is 50.2 Å². The molecule has 0 bridgehead atoms. The molecule has 1 aliphatic heterocycles. The maximum Gasteiger partial charge on any atom is 0.220 e. The van der Waals surface area contributed by atoms with Gasteiger partial charge >= 0.3 is 0 Å². The van der Waals surface area contributed by atoms with Crippen molar-refractivity contribution in [3.63, 3.8) is 0 Å². The molecule has 0 aromatic heterocycles. The molecule has 1 aromatic rings. The molecule has 1 fully saturated rings. The van der Waals surface area contributed by atoms with Gasteiger partial charge in [-0.05, 0) is 50.4 Å². The smallest absolute Gasteiger partial charge is 0.220 e. The van der Waals surface area contributed by atoms with Crippen LogP contribution in [0, 0.1) is 0 Å². The molecule has 1 aliphatic rings. The summed E-state index contributed by atoms with van der Waals surface area (Å²) in [6.07, 6.45) is 5.42. The van der Waals surface area contributed by atoms with Crippen molar-refractivity contribution in [3.05, 3.63) is 35.4 Å². The van der Waals surface area contributed by atoms with Crippen LogP contribution in [-0.4, -0.2) is 35.0 Å². The number of likely N-dealkylation sites (tertiary alicyclic amines) is 1. The molecule has 1 atom stereocenters. The Morgan fingerprint density at radius 2 is 2.00 bits per heavy atom. The number of aliphatic hydroxyl groups is 1. The Kier molecular flexibility index (Phi) is 6.87. The van der Waals surface area contributed by atoms with Gasteiger partial charge in [0, 0.05) is 19.0 Å². The van der Waals surface area contributed by atoms with Crippen LogP contribution in [-0.2, 0) is 17.9 Å². The highest BCUT2D eigenvalue weighted by Crippen LogP contribution is 2.15. The Balaban J connectivity index is 1.68. The van der Waals surface area contributed by atoms with Gasteiger partial charge in [0.1, 0.15) is 0 Å². The van der Waals surface area contributed by atoms with Crippen molar-refractivity contribution in [2.75, 3.05) is 13.1 Å². The highest BCUT2D eigenvalue weighted by Gasteiger charge is 2.17. The lowest BCUT2D eigenvalue weighted by molar-refractivity contribution is -0.121. The predicted octanol–water partition coefficient (Wildman–Crippen LogP) is 2.45. The number of piperidine rings is 1. The molecule has 22 heavy (non-hydrogen) atoms. The van der Waals surface area contributed by atoms with E-state index in [9.17, 15) is 4.79 Å². The molecular weight excluding hydrogens is 276 g/mol. The lowest BCUT2D eigenvalue weighted by atomic mass is 10.1. The quantitative estimate of drug-likeness (QED) is 0.813. The summed E-state index contributed by atoms with van der Waals surface area (Å²) in [6.45, 7) is 5.15. The number of hydrogen-bond donors (Lipinski definition) is 2. The molecule has 1 amide bonds. The van der Waals surface area contributed by atoms with Crippen molar-refractivity contribution in [2.24, 2.45) is 0 Å². The third kappa shape index (κ3) is 5.43. The number of carbonyl (C=O) groups is 1. The Morgan fingerprint density at radius 3 is 2.73 bits per heavy atom. The molecule has 0 radical (unpaired) electrons. The van der Waals surface area contributed by atoms with E-state index < -0.39 is 0 Å². The van der Waals surface area contributed by atoms with E-state index in [2.05, 4.69) is 17.1 Å². The van der Waals surface area contributed by atoms with Gasteiger partial charge in [-0.1, -0.05) is 30.7 Å². The van der Waals surface area contributed by atoms with E-state index in [0.29, 0.717) is 19.0 Å². The van der Waals surface area contributed by atoms with E-state index in [1.165, 1.54) is 32.4 Å².